The molecule has 0 aliphatic carbocycles. The Morgan fingerprint density at radius 3 is 2.00 bits per heavy atom. The van der Waals surface area contributed by atoms with Crippen LogP contribution in [-0.4, -0.2) is 21.4 Å². The topological polar surface area (TPSA) is 68.3 Å². The molecule has 0 saturated carbocycles. The van der Waals surface area contributed by atoms with Gasteiger partial charge in [0.05, 0.1) is 4.90 Å². The average molecular weight is 274 g/mol. The summed E-state index contributed by atoms with van der Waals surface area (Å²) in [5, 5.41) is 0. The Kier molecular flexibility index (Phi) is 3.78. The molecule has 0 aromatic heterocycles. The van der Waals surface area contributed by atoms with Gasteiger partial charge in [-0.3, -0.25) is 0 Å². The summed E-state index contributed by atoms with van der Waals surface area (Å²) in [5.41, 5.74) is 0. The van der Waals surface area contributed by atoms with Gasteiger partial charge in [-0.15, -0.1) is 0 Å². The quantitative estimate of drug-likeness (QED) is 0.839. The Morgan fingerprint density at radius 2 is 1.59 bits per heavy atom. The van der Waals surface area contributed by atoms with Gasteiger partial charge in [-0.25, -0.2) is 16.8 Å². The van der Waals surface area contributed by atoms with Gasteiger partial charge in [0.1, 0.15) is 0 Å². The van der Waals surface area contributed by atoms with E-state index in [2.05, 4.69) is 6.58 Å². The van der Waals surface area contributed by atoms with Crippen LogP contribution in [0.5, 0.6) is 0 Å². The molecule has 4 nitrogen and oxygen atoms in total. The third-order valence-electron chi connectivity index (χ3n) is 2.43. The van der Waals surface area contributed by atoms with Gasteiger partial charge in [0, 0.05) is 4.91 Å². The Hall–Kier alpha value is -1.14. The lowest BCUT2D eigenvalue weighted by molar-refractivity contribution is 0.581. The molecule has 1 aromatic rings. The van der Waals surface area contributed by atoms with Crippen molar-refractivity contribution in [2.24, 2.45) is 0 Å². The zero-order valence-electron chi connectivity index (χ0n) is 9.62. The molecule has 0 saturated heterocycles. The van der Waals surface area contributed by atoms with Crippen LogP contribution < -0.4 is 0 Å². The third-order valence-corrected chi connectivity index (χ3v) is 7.60. The molecule has 0 N–H and O–H groups in total. The van der Waals surface area contributed by atoms with Crippen molar-refractivity contribution in [2.45, 2.75) is 23.3 Å². The number of allylic oxidation sites excluding steroid dienone is 1. The fourth-order valence-electron chi connectivity index (χ4n) is 1.25. The fraction of sp³-hybridized carbons (Fsp3) is 0.273. The molecule has 0 radical (unpaired) electrons. The first-order chi connectivity index (χ1) is 7.70. The molecule has 0 aliphatic rings. The lowest BCUT2D eigenvalue weighted by Crippen LogP contribution is -2.27. The van der Waals surface area contributed by atoms with Crippen LogP contribution in [0, 0.1) is 0 Å². The standard InChI is InChI=1S/C11H14O4S2/c1-9(2)16(12,13)10(3)17(14,15)11-7-5-4-6-8-11/h4-8,10H,1H2,2-3H3. The molecule has 0 heterocycles. The number of benzene rings is 1. The van der Waals surface area contributed by atoms with Gasteiger partial charge in [-0.2, -0.15) is 0 Å². The van der Waals surface area contributed by atoms with Crippen molar-refractivity contribution in [1.82, 2.24) is 0 Å². The summed E-state index contributed by atoms with van der Waals surface area (Å²) in [6, 6.07) is 7.51. The summed E-state index contributed by atoms with van der Waals surface area (Å²) in [4.78, 5) is -0.151. The van der Waals surface area contributed by atoms with Crippen molar-refractivity contribution in [3.05, 3.63) is 41.8 Å². The van der Waals surface area contributed by atoms with E-state index < -0.39 is 24.3 Å². The molecule has 1 atom stereocenters. The van der Waals surface area contributed by atoms with Gasteiger partial charge in [0.25, 0.3) is 0 Å². The largest absolute Gasteiger partial charge is 0.223 e. The van der Waals surface area contributed by atoms with E-state index in [1.165, 1.54) is 19.1 Å². The monoisotopic (exact) mass is 274 g/mol. The minimum absolute atomic E-state index is 0.00248. The first-order valence-corrected chi connectivity index (χ1v) is 7.98. The van der Waals surface area contributed by atoms with E-state index in [9.17, 15) is 16.8 Å². The maximum Gasteiger partial charge on any atom is 0.195 e. The first-order valence-electron chi connectivity index (χ1n) is 4.89. The molecule has 0 fully saturated rings. The number of sulfone groups is 2. The van der Waals surface area contributed by atoms with Gasteiger partial charge >= 0.3 is 0 Å². The zero-order valence-corrected chi connectivity index (χ0v) is 11.3. The third kappa shape index (κ3) is 2.58. The van der Waals surface area contributed by atoms with E-state index >= 15 is 0 Å². The molecule has 1 aromatic carbocycles. The normalized spacial score (nSPS) is 14.2. The summed E-state index contributed by atoms with van der Waals surface area (Å²) in [7, 11) is -7.76. The molecule has 1 unspecified atom stereocenters. The predicted octanol–water partition coefficient (Wildman–Crippen LogP) is 1.75. The SMILES string of the molecule is C=C(C)S(=O)(=O)C(C)S(=O)(=O)c1ccccc1. The van der Waals surface area contributed by atoms with Crippen molar-refractivity contribution >= 4 is 19.7 Å². The summed E-state index contributed by atoms with van der Waals surface area (Å²) in [6.45, 7) is 5.75. The van der Waals surface area contributed by atoms with Crippen molar-refractivity contribution in [3.63, 3.8) is 0 Å². The number of hydrogen-bond acceptors (Lipinski definition) is 4. The van der Waals surface area contributed by atoms with Crippen LogP contribution in [0.2, 0.25) is 0 Å². The fourth-order valence-corrected chi connectivity index (χ4v) is 4.90. The Balaban J connectivity index is 3.32. The summed E-state index contributed by atoms with van der Waals surface area (Å²) in [6.07, 6.45) is 0. The number of hydrogen-bond donors (Lipinski definition) is 0. The van der Waals surface area contributed by atoms with E-state index in [0.717, 1.165) is 6.92 Å². The number of rotatable bonds is 4. The molecular weight excluding hydrogens is 260 g/mol. The van der Waals surface area contributed by atoms with Crippen LogP contribution in [0.3, 0.4) is 0 Å². The molecule has 0 bridgehead atoms. The van der Waals surface area contributed by atoms with Gasteiger partial charge in [-0.05, 0) is 26.0 Å². The van der Waals surface area contributed by atoms with Crippen LogP contribution in [0.1, 0.15) is 13.8 Å². The second kappa shape index (κ2) is 4.62. The first kappa shape index (κ1) is 13.9. The average Bonchev–Trinajstić information content (AvgIpc) is 2.29. The van der Waals surface area contributed by atoms with Crippen molar-refractivity contribution < 1.29 is 16.8 Å². The van der Waals surface area contributed by atoms with Gasteiger partial charge in [0.15, 0.2) is 24.3 Å². The second-order valence-electron chi connectivity index (χ2n) is 3.67. The lowest BCUT2D eigenvalue weighted by Gasteiger charge is -2.13. The predicted molar refractivity (Wildman–Crippen MR) is 66.8 cm³/mol. The Bertz CT molecular complexity index is 613. The van der Waals surface area contributed by atoms with E-state index in [1.807, 2.05) is 0 Å². The molecule has 0 spiro atoms. The van der Waals surface area contributed by atoms with Crippen LogP contribution in [0.25, 0.3) is 0 Å². The minimum Gasteiger partial charge on any atom is -0.223 e. The maximum atomic E-state index is 12.1. The maximum absolute atomic E-state index is 12.1. The van der Waals surface area contributed by atoms with Gasteiger partial charge < -0.3 is 0 Å². The summed E-state index contributed by atoms with van der Waals surface area (Å²) >= 11 is 0. The van der Waals surface area contributed by atoms with Gasteiger partial charge in [0.2, 0.25) is 0 Å². The molecule has 6 heteroatoms. The highest BCUT2D eigenvalue weighted by atomic mass is 32.3. The van der Waals surface area contributed by atoms with E-state index in [4.69, 9.17) is 0 Å². The van der Waals surface area contributed by atoms with Crippen molar-refractivity contribution in [3.8, 4) is 0 Å². The molecule has 0 amide bonds. The highest BCUT2D eigenvalue weighted by Crippen LogP contribution is 2.23. The van der Waals surface area contributed by atoms with Crippen LogP contribution in [0.15, 0.2) is 46.7 Å². The zero-order chi connectivity index (χ0) is 13.3. The van der Waals surface area contributed by atoms with Crippen LogP contribution in [-0.2, 0) is 19.7 Å². The smallest absolute Gasteiger partial charge is 0.195 e. The van der Waals surface area contributed by atoms with Crippen LogP contribution >= 0.6 is 0 Å². The molecule has 94 valence electrons. The van der Waals surface area contributed by atoms with E-state index in [-0.39, 0.29) is 9.80 Å². The summed E-state index contributed by atoms with van der Waals surface area (Å²) in [5.74, 6) is 0. The molecule has 0 aliphatic heterocycles. The highest BCUT2D eigenvalue weighted by Gasteiger charge is 2.34. The molecule has 1 rings (SSSR count). The molecule has 17 heavy (non-hydrogen) atoms. The highest BCUT2D eigenvalue weighted by molar-refractivity contribution is 8.10. The van der Waals surface area contributed by atoms with Crippen LogP contribution in [0.4, 0.5) is 0 Å². The second-order valence-corrected chi connectivity index (χ2v) is 8.73. The Morgan fingerprint density at radius 1 is 1.12 bits per heavy atom. The Labute approximate surface area is 102 Å². The molecular formula is C11H14O4S2. The minimum atomic E-state index is -3.89. The van der Waals surface area contributed by atoms with E-state index in [0.29, 0.717) is 0 Å². The van der Waals surface area contributed by atoms with Crippen molar-refractivity contribution in [2.75, 3.05) is 0 Å². The van der Waals surface area contributed by atoms with Gasteiger partial charge in [-0.1, -0.05) is 24.8 Å². The lowest BCUT2D eigenvalue weighted by atomic mass is 10.4. The van der Waals surface area contributed by atoms with Crippen molar-refractivity contribution in [1.29, 1.82) is 0 Å². The summed E-state index contributed by atoms with van der Waals surface area (Å²) < 4.78 is 46.2. The van der Waals surface area contributed by atoms with E-state index in [1.54, 1.807) is 18.2 Å².